The summed E-state index contributed by atoms with van der Waals surface area (Å²) in [7, 11) is 0. The van der Waals surface area contributed by atoms with E-state index in [1.165, 1.54) is 4.68 Å². The predicted molar refractivity (Wildman–Crippen MR) is 175 cm³/mol. The van der Waals surface area contributed by atoms with E-state index in [4.69, 9.17) is 10.5 Å². The van der Waals surface area contributed by atoms with Gasteiger partial charge in [-0.05, 0) is 43.5 Å². The van der Waals surface area contributed by atoms with Crippen LogP contribution in [-0.2, 0) is 19.3 Å². The Morgan fingerprint density at radius 1 is 1.18 bits per heavy atom. The molecular formula is C33H28F6N10OS. The summed E-state index contributed by atoms with van der Waals surface area (Å²) in [5.41, 5.74) is 2.07. The van der Waals surface area contributed by atoms with Crippen molar-refractivity contribution in [3.63, 3.8) is 0 Å². The van der Waals surface area contributed by atoms with Crippen LogP contribution in [0.2, 0.25) is 0 Å². The molecule has 1 saturated heterocycles. The number of anilines is 2. The lowest BCUT2D eigenvalue weighted by Gasteiger charge is -2.33. The maximum absolute atomic E-state index is 17.1. The number of nitriles is 2. The Morgan fingerprint density at radius 3 is 2.73 bits per heavy atom. The van der Waals surface area contributed by atoms with Crippen LogP contribution in [0.4, 0.5) is 37.2 Å². The van der Waals surface area contributed by atoms with Gasteiger partial charge in [-0.1, -0.05) is 18.2 Å². The number of rotatable bonds is 5. The number of nitrogens with two attached hydrogens (primary N) is 1. The minimum Gasteiger partial charge on any atom is -0.463 e. The fourth-order valence-electron chi connectivity index (χ4n) is 6.88. The number of alkyl halides is 4. The highest BCUT2D eigenvalue weighted by Crippen LogP contribution is 2.48. The monoisotopic (exact) mass is 726 g/mol. The zero-order valence-corrected chi connectivity index (χ0v) is 27.7. The van der Waals surface area contributed by atoms with Crippen LogP contribution in [0.1, 0.15) is 48.7 Å². The molecule has 0 amide bonds. The number of benzene rings is 2. The molecule has 264 valence electrons. The molecule has 7 rings (SSSR count). The maximum Gasteiger partial charge on any atom is 0.417 e. The molecule has 3 aromatic heterocycles. The molecule has 1 fully saturated rings. The van der Waals surface area contributed by atoms with E-state index in [-0.39, 0.29) is 82.8 Å². The van der Waals surface area contributed by atoms with Gasteiger partial charge in [-0.3, -0.25) is 0 Å². The van der Waals surface area contributed by atoms with E-state index < -0.39 is 51.6 Å². The van der Waals surface area contributed by atoms with Crippen molar-refractivity contribution in [3.05, 3.63) is 52.3 Å². The van der Waals surface area contributed by atoms with Gasteiger partial charge in [0, 0.05) is 34.8 Å². The SMILES string of the molecule is C[C@@]1(COc2nc(N3CCn4nnc(C#N)c4C3)c3cc(C(F)(F)F)c(-c4ccc(F)c5sc(N)c(C#N)c45)c(F)c3n2)CCCNC[C@H](F)C1. The van der Waals surface area contributed by atoms with Crippen LogP contribution in [0.15, 0.2) is 18.2 Å². The minimum atomic E-state index is -5.14. The van der Waals surface area contributed by atoms with Crippen molar-refractivity contribution in [2.24, 2.45) is 5.41 Å². The Bertz CT molecular complexity index is 2280. The second-order valence-electron chi connectivity index (χ2n) is 12.9. The van der Waals surface area contributed by atoms with Crippen LogP contribution in [0.5, 0.6) is 6.01 Å². The van der Waals surface area contributed by atoms with Gasteiger partial charge in [-0.15, -0.1) is 16.4 Å². The smallest absolute Gasteiger partial charge is 0.417 e. The molecule has 2 atom stereocenters. The molecule has 0 bridgehead atoms. The number of ether oxygens (including phenoxy) is 1. The normalized spacial score (nSPS) is 19.7. The first-order chi connectivity index (χ1) is 24.3. The molecular weight excluding hydrogens is 698 g/mol. The number of nitrogen functional groups attached to an aromatic ring is 1. The highest BCUT2D eigenvalue weighted by atomic mass is 32.1. The van der Waals surface area contributed by atoms with Gasteiger partial charge in [0.15, 0.2) is 11.5 Å². The van der Waals surface area contributed by atoms with Crippen LogP contribution in [0.25, 0.3) is 32.1 Å². The number of hydrogen-bond donors (Lipinski definition) is 2. The Labute approximate surface area is 290 Å². The lowest BCUT2D eigenvalue weighted by atomic mass is 9.80. The molecule has 11 nitrogen and oxygen atoms in total. The lowest BCUT2D eigenvalue weighted by Crippen LogP contribution is -2.37. The standard InChI is InChI=1S/C33H28F6N10OS/c1-32(5-2-6-43-13-16(34)10-32)15-50-31-44-27-18(30(45-31)48-7-8-49-23(14-48)22(12-41)46-47-49)9-20(33(37,38)39)25(26(27)36)17-3-4-21(35)28-24(17)19(11-40)29(42)51-28/h3-4,9,16,43H,2,5-8,10,13-15,42H2,1H3/t16-,32-/m1/s1. The van der Waals surface area contributed by atoms with Crippen molar-refractivity contribution in [2.45, 2.75) is 51.6 Å². The molecule has 0 aliphatic carbocycles. The zero-order chi connectivity index (χ0) is 36.2. The van der Waals surface area contributed by atoms with Crippen molar-refractivity contribution in [3.8, 4) is 29.3 Å². The molecule has 2 aromatic carbocycles. The molecule has 5 heterocycles. The molecule has 51 heavy (non-hydrogen) atoms. The van der Waals surface area contributed by atoms with Crippen LogP contribution < -0.4 is 20.7 Å². The number of aromatic nitrogens is 5. The molecule has 0 spiro atoms. The van der Waals surface area contributed by atoms with Crippen LogP contribution >= 0.6 is 11.3 Å². The number of nitrogens with one attached hydrogen (secondary N) is 1. The van der Waals surface area contributed by atoms with Gasteiger partial charge in [0.2, 0.25) is 0 Å². The number of halogens is 6. The lowest BCUT2D eigenvalue weighted by molar-refractivity contribution is -0.137. The van der Waals surface area contributed by atoms with E-state index >= 15 is 4.39 Å². The Morgan fingerprint density at radius 2 is 1.98 bits per heavy atom. The van der Waals surface area contributed by atoms with Crippen molar-refractivity contribution in [2.75, 3.05) is 36.9 Å². The first kappa shape index (κ1) is 34.3. The summed E-state index contributed by atoms with van der Waals surface area (Å²) in [5, 5.41) is 29.5. The highest BCUT2D eigenvalue weighted by Gasteiger charge is 2.39. The summed E-state index contributed by atoms with van der Waals surface area (Å²) in [5.74, 6) is -2.37. The minimum absolute atomic E-state index is 0.00937. The first-order valence-corrected chi connectivity index (χ1v) is 16.7. The number of fused-ring (bicyclic) bond motifs is 3. The summed E-state index contributed by atoms with van der Waals surface area (Å²) < 4.78 is 99.0. The molecule has 2 aliphatic rings. The van der Waals surface area contributed by atoms with Crippen LogP contribution in [0, 0.1) is 39.7 Å². The van der Waals surface area contributed by atoms with Gasteiger partial charge in [0.05, 0.1) is 41.2 Å². The second kappa shape index (κ2) is 12.8. The quantitative estimate of drug-likeness (QED) is 0.199. The van der Waals surface area contributed by atoms with E-state index in [1.807, 2.05) is 13.0 Å². The van der Waals surface area contributed by atoms with Crippen molar-refractivity contribution in [1.82, 2.24) is 30.3 Å². The Kier molecular flexibility index (Phi) is 8.63. The molecule has 0 saturated carbocycles. The molecule has 5 aromatic rings. The van der Waals surface area contributed by atoms with Crippen molar-refractivity contribution in [1.29, 1.82) is 10.5 Å². The summed E-state index contributed by atoms with van der Waals surface area (Å²) in [6, 6.07) is 5.97. The van der Waals surface area contributed by atoms with Gasteiger partial charge in [-0.2, -0.15) is 33.7 Å². The highest BCUT2D eigenvalue weighted by molar-refractivity contribution is 7.23. The average Bonchev–Trinajstić information content (AvgIpc) is 3.66. The molecule has 0 unspecified atom stereocenters. The van der Waals surface area contributed by atoms with Gasteiger partial charge >= 0.3 is 12.2 Å². The number of nitrogens with zero attached hydrogens (tertiary/aromatic N) is 8. The van der Waals surface area contributed by atoms with Gasteiger partial charge < -0.3 is 20.7 Å². The predicted octanol–water partition coefficient (Wildman–Crippen LogP) is 6.24. The summed E-state index contributed by atoms with van der Waals surface area (Å²) >= 11 is 0.665. The number of hydrogen-bond acceptors (Lipinski definition) is 11. The van der Waals surface area contributed by atoms with E-state index in [9.17, 15) is 32.5 Å². The first-order valence-electron chi connectivity index (χ1n) is 15.9. The Balaban J connectivity index is 1.45. The van der Waals surface area contributed by atoms with Crippen LogP contribution in [0.3, 0.4) is 0 Å². The van der Waals surface area contributed by atoms with E-state index in [1.54, 1.807) is 11.0 Å². The molecule has 3 N–H and O–H groups in total. The summed E-state index contributed by atoms with van der Waals surface area (Å²) in [6.45, 7) is 2.83. The van der Waals surface area contributed by atoms with E-state index in [0.717, 1.165) is 24.6 Å². The van der Waals surface area contributed by atoms with E-state index in [2.05, 4.69) is 25.6 Å². The number of thiophene rings is 1. The fraction of sp³-hybridized carbons (Fsp3) is 0.394. The summed E-state index contributed by atoms with van der Waals surface area (Å²) in [6.07, 6.45) is -4.84. The summed E-state index contributed by atoms with van der Waals surface area (Å²) in [4.78, 5) is 10.3. The van der Waals surface area contributed by atoms with Crippen molar-refractivity contribution < 1.29 is 31.1 Å². The van der Waals surface area contributed by atoms with Gasteiger partial charge in [0.25, 0.3) is 0 Å². The molecule has 18 heteroatoms. The third-order valence-electron chi connectivity index (χ3n) is 9.32. The zero-order valence-electron chi connectivity index (χ0n) is 26.9. The van der Waals surface area contributed by atoms with Gasteiger partial charge in [-0.25, -0.2) is 17.9 Å². The topological polar surface area (TPSA) is 155 Å². The third-order valence-corrected chi connectivity index (χ3v) is 10.4. The molecule has 2 aliphatic heterocycles. The largest absolute Gasteiger partial charge is 0.463 e. The van der Waals surface area contributed by atoms with E-state index in [0.29, 0.717) is 30.0 Å². The molecule has 0 radical (unpaired) electrons. The second-order valence-corrected chi connectivity index (χ2v) is 14.0. The Hall–Kier alpha value is -5.20. The fourth-order valence-corrected chi connectivity index (χ4v) is 7.83. The average molecular weight is 727 g/mol. The maximum atomic E-state index is 17.1. The van der Waals surface area contributed by atoms with Crippen molar-refractivity contribution >= 4 is 43.1 Å². The van der Waals surface area contributed by atoms with Crippen LogP contribution in [-0.4, -0.2) is 57.4 Å². The van der Waals surface area contributed by atoms with Gasteiger partial charge in [0.1, 0.15) is 40.5 Å². The third kappa shape index (κ3) is 6.12.